The van der Waals surface area contributed by atoms with Crippen molar-refractivity contribution in [3.8, 4) is 11.4 Å². The van der Waals surface area contributed by atoms with E-state index in [-0.39, 0.29) is 17.9 Å². The molecule has 2 fully saturated rings. The van der Waals surface area contributed by atoms with Crippen LogP contribution in [0.15, 0.2) is 36.7 Å². The van der Waals surface area contributed by atoms with Gasteiger partial charge in [-0.2, -0.15) is 5.10 Å². The molecule has 1 aromatic heterocycles. The number of hydrogen-bond donors (Lipinski definition) is 0. The van der Waals surface area contributed by atoms with Gasteiger partial charge in [0.15, 0.2) is 5.82 Å². The van der Waals surface area contributed by atoms with Crippen molar-refractivity contribution in [1.29, 1.82) is 0 Å². The maximum absolute atomic E-state index is 12.6. The minimum atomic E-state index is 0.137. The summed E-state index contributed by atoms with van der Waals surface area (Å²) < 4.78 is 1.65. The van der Waals surface area contributed by atoms with Crippen molar-refractivity contribution in [2.45, 2.75) is 13.5 Å². The first kappa shape index (κ1) is 15.3. The lowest BCUT2D eigenvalue weighted by molar-refractivity contribution is -0.131. The molecule has 126 valence electrons. The van der Waals surface area contributed by atoms with Gasteiger partial charge in [-0.1, -0.05) is 37.3 Å². The molecule has 2 aliphatic heterocycles. The zero-order chi connectivity index (χ0) is 16.7. The smallest absolute Gasteiger partial charge is 0.244 e. The van der Waals surface area contributed by atoms with E-state index < -0.39 is 0 Å². The van der Waals surface area contributed by atoms with E-state index in [2.05, 4.69) is 29.0 Å². The number of carbonyl (C=O) groups excluding carboxylic acids is 1. The highest BCUT2D eigenvalue weighted by Crippen LogP contribution is 2.41. The molecule has 1 amide bonds. The largest absolute Gasteiger partial charge is 0.340 e. The first-order chi connectivity index (χ1) is 11.5. The van der Waals surface area contributed by atoms with E-state index in [0.29, 0.717) is 11.7 Å². The van der Waals surface area contributed by atoms with E-state index >= 15 is 0 Å². The van der Waals surface area contributed by atoms with Crippen LogP contribution in [0, 0.1) is 11.3 Å². The lowest BCUT2D eigenvalue weighted by Crippen LogP contribution is -2.36. The Morgan fingerprint density at radius 2 is 2.04 bits per heavy atom. The standard InChI is InChI=1S/C18H23N5O/c1-18-11-21(2)8-15(18)9-22(12-18)16(24)10-23-13-19-17(20-23)14-6-4-3-5-7-14/h3-7,13,15H,8-12H2,1-2H3/t15-,18+/m1/s1. The molecule has 2 saturated heterocycles. The zero-order valence-corrected chi connectivity index (χ0v) is 14.2. The molecule has 0 spiro atoms. The van der Waals surface area contributed by atoms with Crippen LogP contribution in [-0.2, 0) is 11.3 Å². The maximum atomic E-state index is 12.6. The highest BCUT2D eigenvalue weighted by atomic mass is 16.2. The average Bonchev–Trinajstić information content (AvgIpc) is 3.20. The highest BCUT2D eigenvalue weighted by Gasteiger charge is 2.49. The van der Waals surface area contributed by atoms with Gasteiger partial charge in [0.1, 0.15) is 12.9 Å². The molecule has 2 aliphatic rings. The van der Waals surface area contributed by atoms with E-state index in [1.807, 2.05) is 35.2 Å². The third-order valence-corrected chi connectivity index (χ3v) is 5.36. The normalized spacial score (nSPS) is 26.8. The van der Waals surface area contributed by atoms with Gasteiger partial charge in [-0.3, -0.25) is 4.79 Å². The minimum absolute atomic E-state index is 0.137. The van der Waals surface area contributed by atoms with Crippen molar-refractivity contribution in [2.75, 3.05) is 33.2 Å². The predicted octanol–water partition coefficient (Wildman–Crippen LogP) is 1.36. The van der Waals surface area contributed by atoms with Crippen molar-refractivity contribution in [3.63, 3.8) is 0 Å². The average molecular weight is 325 g/mol. The van der Waals surface area contributed by atoms with E-state index in [0.717, 1.165) is 31.7 Å². The molecule has 2 aromatic rings. The summed E-state index contributed by atoms with van der Waals surface area (Å²) in [5.74, 6) is 1.38. The molecule has 24 heavy (non-hydrogen) atoms. The summed E-state index contributed by atoms with van der Waals surface area (Å²) in [5.41, 5.74) is 1.21. The third kappa shape index (κ3) is 2.71. The number of hydrogen-bond acceptors (Lipinski definition) is 4. The Balaban J connectivity index is 1.42. The van der Waals surface area contributed by atoms with Crippen molar-refractivity contribution in [3.05, 3.63) is 36.7 Å². The van der Waals surface area contributed by atoms with E-state index in [1.165, 1.54) is 0 Å². The molecule has 0 aliphatic carbocycles. The fourth-order valence-corrected chi connectivity index (χ4v) is 4.15. The molecule has 0 radical (unpaired) electrons. The monoisotopic (exact) mass is 325 g/mol. The lowest BCUT2D eigenvalue weighted by atomic mass is 9.83. The Morgan fingerprint density at radius 1 is 1.25 bits per heavy atom. The number of carbonyl (C=O) groups is 1. The maximum Gasteiger partial charge on any atom is 0.244 e. The second-order valence-corrected chi connectivity index (χ2v) is 7.45. The first-order valence-electron chi connectivity index (χ1n) is 8.45. The Morgan fingerprint density at radius 3 is 2.79 bits per heavy atom. The van der Waals surface area contributed by atoms with Crippen molar-refractivity contribution in [2.24, 2.45) is 11.3 Å². The lowest BCUT2D eigenvalue weighted by Gasteiger charge is -2.23. The summed E-state index contributed by atoms with van der Waals surface area (Å²) in [6.07, 6.45) is 1.65. The van der Waals surface area contributed by atoms with Crippen LogP contribution in [0.5, 0.6) is 0 Å². The number of likely N-dealkylation sites (tertiary alicyclic amines) is 2. The molecule has 3 heterocycles. The van der Waals surface area contributed by atoms with Crippen LogP contribution < -0.4 is 0 Å². The Kier molecular flexibility index (Phi) is 3.64. The molecular formula is C18H23N5O. The number of amides is 1. The molecule has 0 unspecified atom stereocenters. The van der Waals surface area contributed by atoms with E-state index in [1.54, 1.807) is 11.0 Å². The van der Waals surface area contributed by atoms with Gasteiger partial charge in [0.2, 0.25) is 5.91 Å². The van der Waals surface area contributed by atoms with E-state index in [9.17, 15) is 4.79 Å². The summed E-state index contributed by atoms with van der Waals surface area (Å²) >= 11 is 0. The van der Waals surface area contributed by atoms with Crippen LogP contribution >= 0.6 is 0 Å². The number of aromatic nitrogens is 3. The zero-order valence-electron chi connectivity index (χ0n) is 14.2. The number of fused-ring (bicyclic) bond motifs is 1. The van der Waals surface area contributed by atoms with Gasteiger partial charge in [-0.15, -0.1) is 0 Å². The summed E-state index contributed by atoms with van der Waals surface area (Å²) in [6.45, 7) is 6.43. The summed E-state index contributed by atoms with van der Waals surface area (Å²) in [4.78, 5) is 21.3. The fraction of sp³-hybridized carbons (Fsp3) is 0.500. The van der Waals surface area contributed by atoms with Gasteiger partial charge in [0.05, 0.1) is 0 Å². The molecule has 6 heteroatoms. The van der Waals surface area contributed by atoms with Gasteiger partial charge in [0.25, 0.3) is 0 Å². The summed E-state index contributed by atoms with van der Waals surface area (Å²) in [5, 5.41) is 4.44. The first-order valence-corrected chi connectivity index (χ1v) is 8.45. The van der Waals surface area contributed by atoms with Gasteiger partial charge in [0, 0.05) is 37.2 Å². The molecule has 0 saturated carbocycles. The molecule has 6 nitrogen and oxygen atoms in total. The molecule has 0 bridgehead atoms. The van der Waals surface area contributed by atoms with Crippen molar-refractivity contribution in [1.82, 2.24) is 24.6 Å². The van der Waals surface area contributed by atoms with Crippen LogP contribution in [0.2, 0.25) is 0 Å². The third-order valence-electron chi connectivity index (χ3n) is 5.36. The van der Waals surface area contributed by atoms with Crippen LogP contribution in [0.25, 0.3) is 11.4 Å². The van der Waals surface area contributed by atoms with Gasteiger partial charge < -0.3 is 9.80 Å². The van der Waals surface area contributed by atoms with E-state index in [4.69, 9.17) is 0 Å². The van der Waals surface area contributed by atoms with Crippen LogP contribution in [0.4, 0.5) is 0 Å². The summed E-state index contributed by atoms with van der Waals surface area (Å²) in [7, 11) is 2.16. The SMILES string of the molecule is CN1C[C@@H]2CN(C(=O)Cn3cnc(-c4ccccc4)n3)C[C@]2(C)C1. The molecule has 4 rings (SSSR count). The quantitative estimate of drug-likeness (QED) is 0.855. The Labute approximate surface area is 142 Å². The van der Waals surface area contributed by atoms with Crippen molar-refractivity contribution < 1.29 is 4.79 Å². The number of rotatable bonds is 3. The highest BCUT2D eigenvalue weighted by molar-refractivity contribution is 5.76. The molecular weight excluding hydrogens is 302 g/mol. The fourth-order valence-electron chi connectivity index (χ4n) is 4.15. The predicted molar refractivity (Wildman–Crippen MR) is 91.1 cm³/mol. The Bertz CT molecular complexity index is 743. The van der Waals surface area contributed by atoms with Gasteiger partial charge in [-0.25, -0.2) is 9.67 Å². The van der Waals surface area contributed by atoms with Crippen LogP contribution in [0.3, 0.4) is 0 Å². The molecule has 0 N–H and O–H groups in total. The van der Waals surface area contributed by atoms with Crippen LogP contribution in [0.1, 0.15) is 6.92 Å². The van der Waals surface area contributed by atoms with Crippen LogP contribution in [-0.4, -0.2) is 63.7 Å². The number of benzene rings is 1. The molecule has 2 atom stereocenters. The molecule has 1 aromatic carbocycles. The second-order valence-electron chi connectivity index (χ2n) is 7.45. The van der Waals surface area contributed by atoms with Gasteiger partial charge >= 0.3 is 0 Å². The Hall–Kier alpha value is -2.21. The topological polar surface area (TPSA) is 54.3 Å². The second kappa shape index (κ2) is 5.70. The summed E-state index contributed by atoms with van der Waals surface area (Å²) in [6, 6.07) is 9.83. The minimum Gasteiger partial charge on any atom is -0.340 e. The van der Waals surface area contributed by atoms with Gasteiger partial charge in [-0.05, 0) is 13.0 Å². The van der Waals surface area contributed by atoms with Crippen molar-refractivity contribution >= 4 is 5.91 Å². The number of nitrogens with zero attached hydrogens (tertiary/aromatic N) is 5.